The van der Waals surface area contributed by atoms with E-state index in [-0.39, 0.29) is 69.6 Å². The number of nitrogens with zero attached hydrogens (tertiary/aromatic N) is 1. The molecule has 82 heavy (non-hydrogen) atoms. The lowest BCUT2D eigenvalue weighted by molar-refractivity contribution is -0.333. The highest BCUT2D eigenvalue weighted by Crippen LogP contribution is 2.36. The van der Waals surface area contributed by atoms with Crippen LogP contribution in [-0.2, 0) is 23.8 Å². The molecule has 13 N–H and O–H groups in total. The maximum atomic E-state index is 13.7. The number of ether oxygens (including phenoxy) is 3. The number of nitrogens with one attached hydrogen (secondary N) is 1. The first-order valence-electron chi connectivity index (χ1n) is 30.9. The number of fused-ring (bicyclic) bond motifs is 2. The molecular weight excluding hydrogens is 1050 g/mol. The van der Waals surface area contributed by atoms with Gasteiger partial charge < -0.3 is 76.3 Å². The van der Waals surface area contributed by atoms with Gasteiger partial charge in [0.2, 0.25) is 0 Å². The van der Waals surface area contributed by atoms with Crippen molar-refractivity contribution in [1.82, 2.24) is 5.32 Å². The number of nitrogens with two attached hydrogens (primary N) is 1. The average Bonchev–Trinajstić information content (AvgIpc) is 3.42. The predicted molar refractivity (Wildman–Crippen MR) is 322 cm³/mol. The molecule has 18 heteroatoms. The summed E-state index contributed by atoms with van der Waals surface area (Å²) in [6.45, 7) is 17.6. The summed E-state index contributed by atoms with van der Waals surface area (Å²) in [6, 6.07) is 0. The molecule has 2 rings (SSSR count). The number of guanidine groups is 1. The van der Waals surface area contributed by atoms with Crippen LogP contribution in [0.25, 0.3) is 0 Å². The minimum atomic E-state index is -2.43. The number of rotatable bonds is 18. The highest BCUT2D eigenvalue weighted by molar-refractivity contribution is 5.88. The van der Waals surface area contributed by atoms with E-state index in [1.54, 1.807) is 72.0 Å². The Morgan fingerprint density at radius 3 is 2.06 bits per heavy atom. The molecular formula is C64H113N3O15. The van der Waals surface area contributed by atoms with E-state index < -0.39 is 115 Å². The second kappa shape index (κ2) is 40.0. The predicted octanol–water partition coefficient (Wildman–Crippen LogP) is 7.28. The zero-order valence-corrected chi connectivity index (χ0v) is 51.6. The number of hydrogen-bond donors (Lipinski definition) is 12. The number of allylic oxidation sites excluding steroid dienone is 6. The van der Waals surface area contributed by atoms with Gasteiger partial charge in [0, 0.05) is 81.9 Å². The van der Waals surface area contributed by atoms with Gasteiger partial charge in [-0.1, -0.05) is 129 Å². The third kappa shape index (κ3) is 29.5. The minimum Gasteiger partial charge on any atom is -0.462 e. The zero-order chi connectivity index (χ0) is 61.5. The molecule has 1 saturated heterocycles. The number of esters is 2. The lowest BCUT2D eigenvalue weighted by Gasteiger charge is -2.45. The average molecular weight is 1160 g/mol. The van der Waals surface area contributed by atoms with E-state index in [0.717, 1.165) is 70.8 Å². The van der Waals surface area contributed by atoms with Gasteiger partial charge in [-0.15, -0.1) is 0 Å². The second-order valence-corrected chi connectivity index (χ2v) is 24.7. The molecule has 2 aliphatic rings. The molecule has 0 radical (unpaired) electrons. The topological polar surface area (TPSA) is 315 Å². The van der Waals surface area contributed by atoms with Gasteiger partial charge in [-0.2, -0.15) is 0 Å². The lowest BCUT2D eigenvalue weighted by Crippen LogP contribution is -2.60. The first-order valence-corrected chi connectivity index (χ1v) is 30.9. The van der Waals surface area contributed by atoms with Crippen LogP contribution in [-0.4, -0.2) is 162 Å². The molecule has 0 aromatic rings. The summed E-state index contributed by atoms with van der Waals surface area (Å²) in [5, 5.41) is 116. The monoisotopic (exact) mass is 1160 g/mol. The van der Waals surface area contributed by atoms with Crippen LogP contribution in [0.5, 0.6) is 0 Å². The standard InChI is InChI=1S/C64H113N3O15/c1-41(2)24-18-14-13-16-20-30-59(76)80-51-35-49(68)34-50(69)36-54(71)42(3)26-22-28-46(7)60(45(6)25-19-15-11-12-17-21-33-67-63(65)66-10)81-62(78)47(8)29-23-27-43(4)55(72)39-56(73)48(9)53(70)32-31-44(5)58(75)40-64(79)61(77)57(74)38-52(37-51)82-64/h11-12,22-23,26-29,41,43-46,48-58,60-61,68-75,77,79H,13-21,24-25,30-40H2,1-10H3,(H3,65,66,67)/t43-,44-,45-,46-,48-,49+,50+,51-,52-,53+,54-,55-,56-,57+,58-,60-,61-,64+/m0/s1. The smallest absolute Gasteiger partial charge is 0.334 e. The Bertz CT molecular complexity index is 1980. The summed E-state index contributed by atoms with van der Waals surface area (Å²) in [5.74, 6) is -4.37. The number of hydrogen-bond acceptors (Lipinski definition) is 16. The van der Waals surface area contributed by atoms with Gasteiger partial charge in [0.05, 0.1) is 54.9 Å². The summed E-state index contributed by atoms with van der Waals surface area (Å²) in [4.78, 5) is 30.9. The van der Waals surface area contributed by atoms with Crippen molar-refractivity contribution in [2.75, 3.05) is 13.6 Å². The third-order valence-electron chi connectivity index (χ3n) is 16.6. The Hall–Kier alpha value is -3.53. The van der Waals surface area contributed by atoms with E-state index in [9.17, 15) is 60.7 Å². The molecule has 2 heterocycles. The molecule has 2 aliphatic heterocycles. The Kier molecular flexibility index (Phi) is 36.3. The van der Waals surface area contributed by atoms with Crippen LogP contribution in [0.2, 0.25) is 0 Å². The van der Waals surface area contributed by atoms with Gasteiger partial charge >= 0.3 is 11.9 Å². The number of aliphatic imine (C=N–C) groups is 1. The number of carbonyl (C=O) groups is 2. The van der Waals surface area contributed by atoms with Gasteiger partial charge in [0.15, 0.2) is 11.7 Å². The Morgan fingerprint density at radius 1 is 0.744 bits per heavy atom. The number of cyclic esters (lactones) is 1. The van der Waals surface area contributed by atoms with E-state index >= 15 is 0 Å². The maximum Gasteiger partial charge on any atom is 0.334 e. The Balaban J connectivity index is 2.43. The number of carbonyl (C=O) groups excluding carboxylic acids is 2. The summed E-state index contributed by atoms with van der Waals surface area (Å²) in [7, 11) is 1.64. The highest BCUT2D eigenvalue weighted by atomic mass is 16.7. The van der Waals surface area contributed by atoms with Crippen molar-refractivity contribution >= 4 is 17.9 Å². The molecule has 0 spiro atoms. The van der Waals surface area contributed by atoms with Crippen LogP contribution < -0.4 is 11.1 Å². The van der Waals surface area contributed by atoms with E-state index in [2.05, 4.69) is 43.2 Å². The third-order valence-corrected chi connectivity index (χ3v) is 16.6. The van der Waals surface area contributed by atoms with Crippen molar-refractivity contribution in [3.05, 3.63) is 59.8 Å². The van der Waals surface area contributed by atoms with Crippen molar-refractivity contribution in [1.29, 1.82) is 0 Å². The number of unbranched alkanes of at least 4 members (excludes halogenated alkanes) is 6. The van der Waals surface area contributed by atoms with Crippen molar-refractivity contribution in [2.45, 2.75) is 276 Å². The molecule has 0 unspecified atom stereocenters. The fourth-order valence-corrected chi connectivity index (χ4v) is 10.7. The second-order valence-electron chi connectivity index (χ2n) is 24.7. The molecule has 0 aromatic heterocycles. The minimum absolute atomic E-state index is 0.0392. The summed E-state index contributed by atoms with van der Waals surface area (Å²) >= 11 is 0. The van der Waals surface area contributed by atoms with Crippen LogP contribution >= 0.6 is 0 Å². The number of aliphatic hydroxyl groups excluding tert-OH is 9. The molecule has 0 saturated carbocycles. The Labute approximate surface area is 492 Å². The van der Waals surface area contributed by atoms with E-state index in [0.29, 0.717) is 29.4 Å². The molecule has 18 nitrogen and oxygen atoms in total. The summed E-state index contributed by atoms with van der Waals surface area (Å²) in [5.41, 5.74) is 6.60. The van der Waals surface area contributed by atoms with Gasteiger partial charge in [-0.3, -0.25) is 9.79 Å². The largest absolute Gasteiger partial charge is 0.462 e. The van der Waals surface area contributed by atoms with Crippen molar-refractivity contribution in [3.8, 4) is 0 Å². The van der Waals surface area contributed by atoms with E-state index in [1.165, 1.54) is 0 Å². The molecule has 474 valence electrons. The number of aliphatic hydroxyl groups is 10. The van der Waals surface area contributed by atoms with Gasteiger partial charge in [-0.05, 0) is 95.0 Å². The zero-order valence-electron chi connectivity index (χ0n) is 51.6. The highest BCUT2D eigenvalue weighted by Gasteiger charge is 2.50. The molecule has 0 aliphatic carbocycles. The van der Waals surface area contributed by atoms with Crippen molar-refractivity contribution in [3.63, 3.8) is 0 Å². The van der Waals surface area contributed by atoms with Gasteiger partial charge in [0.25, 0.3) is 0 Å². The van der Waals surface area contributed by atoms with E-state index in [4.69, 9.17) is 19.9 Å². The normalized spacial score (nSPS) is 34.2. The SMILES string of the molecule is CN=C(N)NCCCC=CCCC[C@H](C)[C@@H]1OC(=O)C(C)=CC=C[C@H](C)[C@@H](O)C[C@H](O)[C@@H](C)[C@H](O)CC[C@H](C)[C@@H](O)C[C@@]2(O)O[C@@H](C[C@@H](OC(=O)CCCCCCCC(C)C)C[C@H](O)C[C@@H](O)C[C@H](O)C(C)=CC=C[C@@H]1C)C[C@@H](O)[C@@H]2O. The molecule has 0 aromatic carbocycles. The quantitative estimate of drug-likeness (QED) is 0.0211. The van der Waals surface area contributed by atoms with Crippen LogP contribution in [0.1, 0.15) is 197 Å². The van der Waals surface area contributed by atoms with Gasteiger partial charge in [0.1, 0.15) is 18.3 Å². The van der Waals surface area contributed by atoms with Crippen LogP contribution in [0.3, 0.4) is 0 Å². The van der Waals surface area contributed by atoms with Crippen LogP contribution in [0, 0.1) is 35.5 Å². The fraction of sp³-hybridized carbons (Fsp3) is 0.797. The summed E-state index contributed by atoms with van der Waals surface area (Å²) in [6.07, 6.45) is 10.3. The molecule has 1 fully saturated rings. The van der Waals surface area contributed by atoms with Crippen LogP contribution in [0.15, 0.2) is 64.7 Å². The molecule has 18 atom stereocenters. The van der Waals surface area contributed by atoms with Crippen molar-refractivity contribution < 1.29 is 74.9 Å². The Morgan fingerprint density at radius 2 is 1.38 bits per heavy atom. The maximum absolute atomic E-state index is 13.7. The molecule has 2 bridgehead atoms. The summed E-state index contributed by atoms with van der Waals surface area (Å²) < 4.78 is 18.2. The first kappa shape index (κ1) is 74.6. The lowest BCUT2D eigenvalue weighted by atomic mass is 9.84. The van der Waals surface area contributed by atoms with Gasteiger partial charge in [-0.25, -0.2) is 4.79 Å². The van der Waals surface area contributed by atoms with E-state index in [1.807, 2.05) is 13.0 Å². The first-order chi connectivity index (χ1) is 38.7. The van der Waals surface area contributed by atoms with Crippen molar-refractivity contribution in [2.24, 2.45) is 46.2 Å². The molecule has 0 amide bonds. The fourth-order valence-electron chi connectivity index (χ4n) is 10.7. The van der Waals surface area contributed by atoms with Crippen LogP contribution in [0.4, 0.5) is 0 Å².